The highest BCUT2D eigenvalue weighted by Gasteiger charge is 2.07. The van der Waals surface area contributed by atoms with E-state index in [0.717, 1.165) is 20.2 Å². The highest BCUT2D eigenvalue weighted by Crippen LogP contribution is 2.33. The van der Waals surface area contributed by atoms with Crippen molar-refractivity contribution in [3.05, 3.63) is 51.5 Å². The first kappa shape index (κ1) is 9.87. The Morgan fingerprint density at radius 2 is 1.57 bits per heavy atom. The number of rotatable bonds is 1. The van der Waals surface area contributed by atoms with Gasteiger partial charge < -0.3 is 0 Å². The van der Waals surface area contributed by atoms with E-state index < -0.39 is 0 Å². The quantitative estimate of drug-likeness (QED) is 0.766. The van der Waals surface area contributed by atoms with E-state index in [1.54, 1.807) is 6.20 Å². The lowest BCUT2D eigenvalue weighted by atomic mass is 10.1. The molecule has 70 valence electrons. The van der Waals surface area contributed by atoms with Gasteiger partial charge in [-0.15, -0.1) is 0 Å². The monoisotopic (exact) mass is 311 g/mol. The van der Waals surface area contributed by atoms with E-state index in [4.69, 9.17) is 0 Å². The van der Waals surface area contributed by atoms with Gasteiger partial charge in [0.25, 0.3) is 0 Å². The summed E-state index contributed by atoms with van der Waals surface area (Å²) >= 11 is 7.03. The average Bonchev–Trinajstić information content (AvgIpc) is 2.19. The molecule has 2 rings (SSSR count). The number of aromatic nitrogens is 1. The first-order chi connectivity index (χ1) is 6.79. The summed E-state index contributed by atoms with van der Waals surface area (Å²) in [6.45, 7) is 0. The topological polar surface area (TPSA) is 12.9 Å². The van der Waals surface area contributed by atoms with Gasteiger partial charge in [0.1, 0.15) is 0 Å². The van der Waals surface area contributed by atoms with Crippen LogP contribution in [0.1, 0.15) is 0 Å². The van der Waals surface area contributed by atoms with Gasteiger partial charge in [0.2, 0.25) is 0 Å². The summed E-state index contributed by atoms with van der Waals surface area (Å²) in [7, 11) is 0. The predicted octanol–water partition coefficient (Wildman–Crippen LogP) is 4.27. The number of nitrogens with zero attached hydrogens (tertiary/aromatic N) is 1. The molecule has 3 heteroatoms. The molecule has 0 saturated carbocycles. The average molecular weight is 313 g/mol. The molecule has 0 saturated heterocycles. The van der Waals surface area contributed by atoms with Gasteiger partial charge in [-0.2, -0.15) is 0 Å². The molecule has 0 spiro atoms. The Hall–Kier alpha value is -0.670. The molecule has 0 fully saturated rings. The maximum atomic E-state index is 4.31. The molecule has 0 atom stereocenters. The third kappa shape index (κ3) is 1.88. The number of benzene rings is 1. The highest BCUT2D eigenvalue weighted by molar-refractivity contribution is 9.11. The molecule has 0 aliphatic heterocycles. The molecule has 0 aliphatic carbocycles. The third-order valence-electron chi connectivity index (χ3n) is 1.88. The summed E-state index contributed by atoms with van der Waals surface area (Å²) in [5, 5.41) is 0. The second-order valence-electron chi connectivity index (χ2n) is 2.81. The van der Waals surface area contributed by atoms with E-state index in [-0.39, 0.29) is 0 Å². The highest BCUT2D eigenvalue weighted by atomic mass is 79.9. The van der Waals surface area contributed by atoms with Crippen LogP contribution in [-0.4, -0.2) is 4.98 Å². The smallest absolute Gasteiger partial charge is 0.0724 e. The molecule has 14 heavy (non-hydrogen) atoms. The Labute approximate surface area is 99.4 Å². The molecule has 0 bridgehead atoms. The lowest BCUT2D eigenvalue weighted by Crippen LogP contribution is -1.84. The SMILES string of the molecule is Brc1cccc(Br)c1-c1ccccn1. The van der Waals surface area contributed by atoms with E-state index in [9.17, 15) is 0 Å². The number of pyridine rings is 1. The minimum absolute atomic E-state index is 0.965. The van der Waals surface area contributed by atoms with Crippen molar-refractivity contribution in [2.24, 2.45) is 0 Å². The molecular weight excluding hydrogens is 306 g/mol. The van der Waals surface area contributed by atoms with E-state index in [1.807, 2.05) is 36.4 Å². The van der Waals surface area contributed by atoms with Crippen LogP contribution in [0, 0.1) is 0 Å². The van der Waals surface area contributed by atoms with Gasteiger partial charge in [-0.25, -0.2) is 0 Å². The molecule has 0 unspecified atom stereocenters. The van der Waals surface area contributed by atoms with E-state index >= 15 is 0 Å². The summed E-state index contributed by atoms with van der Waals surface area (Å²) in [5.74, 6) is 0. The van der Waals surface area contributed by atoms with Crippen LogP contribution in [0.25, 0.3) is 11.3 Å². The van der Waals surface area contributed by atoms with Crippen LogP contribution in [0.5, 0.6) is 0 Å². The summed E-state index contributed by atoms with van der Waals surface area (Å²) in [6, 6.07) is 11.9. The first-order valence-corrected chi connectivity index (χ1v) is 5.73. The zero-order valence-corrected chi connectivity index (χ0v) is 10.4. The summed E-state index contributed by atoms with van der Waals surface area (Å²) < 4.78 is 2.09. The fraction of sp³-hybridized carbons (Fsp3) is 0. The van der Waals surface area contributed by atoms with Crippen molar-refractivity contribution < 1.29 is 0 Å². The van der Waals surface area contributed by atoms with Crippen LogP contribution < -0.4 is 0 Å². The second-order valence-corrected chi connectivity index (χ2v) is 4.52. The normalized spacial score (nSPS) is 10.1. The van der Waals surface area contributed by atoms with Gasteiger partial charge in [0.15, 0.2) is 0 Å². The standard InChI is InChI=1S/C11H7Br2N/c12-8-4-3-5-9(13)11(8)10-6-1-2-7-14-10/h1-7H. The minimum Gasteiger partial charge on any atom is -0.256 e. The lowest BCUT2D eigenvalue weighted by molar-refractivity contribution is 1.31. The fourth-order valence-electron chi connectivity index (χ4n) is 1.25. The molecule has 0 radical (unpaired) electrons. The Balaban J connectivity index is 2.63. The molecule has 2 aromatic rings. The van der Waals surface area contributed by atoms with Gasteiger partial charge in [0, 0.05) is 20.7 Å². The van der Waals surface area contributed by atoms with Crippen molar-refractivity contribution in [1.82, 2.24) is 4.98 Å². The van der Waals surface area contributed by atoms with E-state index in [2.05, 4.69) is 36.8 Å². The minimum atomic E-state index is 0.965. The predicted molar refractivity (Wildman–Crippen MR) is 65.1 cm³/mol. The first-order valence-electron chi connectivity index (χ1n) is 4.14. The number of hydrogen-bond donors (Lipinski definition) is 0. The number of hydrogen-bond acceptors (Lipinski definition) is 1. The molecule has 1 aromatic heterocycles. The van der Waals surface area contributed by atoms with E-state index in [0.29, 0.717) is 0 Å². The van der Waals surface area contributed by atoms with Crippen LogP contribution in [0.4, 0.5) is 0 Å². The third-order valence-corrected chi connectivity index (χ3v) is 3.21. The van der Waals surface area contributed by atoms with Crippen molar-refractivity contribution >= 4 is 31.9 Å². The Morgan fingerprint density at radius 1 is 0.857 bits per heavy atom. The zero-order chi connectivity index (χ0) is 9.97. The Bertz CT molecular complexity index is 420. The van der Waals surface area contributed by atoms with Crippen molar-refractivity contribution in [2.75, 3.05) is 0 Å². The number of halogens is 2. The molecular formula is C11H7Br2N. The van der Waals surface area contributed by atoms with Crippen LogP contribution in [-0.2, 0) is 0 Å². The Morgan fingerprint density at radius 3 is 2.14 bits per heavy atom. The second kappa shape index (κ2) is 4.24. The van der Waals surface area contributed by atoms with Crippen molar-refractivity contribution in [1.29, 1.82) is 0 Å². The van der Waals surface area contributed by atoms with E-state index in [1.165, 1.54) is 0 Å². The molecule has 0 amide bonds. The Kier molecular flexibility index (Phi) is 2.99. The lowest BCUT2D eigenvalue weighted by Gasteiger charge is -2.05. The van der Waals surface area contributed by atoms with Gasteiger partial charge in [-0.3, -0.25) is 4.98 Å². The summed E-state index contributed by atoms with van der Waals surface area (Å²) in [4.78, 5) is 4.31. The van der Waals surface area contributed by atoms with Crippen molar-refractivity contribution in [3.63, 3.8) is 0 Å². The van der Waals surface area contributed by atoms with Crippen molar-refractivity contribution in [2.45, 2.75) is 0 Å². The van der Waals surface area contributed by atoms with Crippen LogP contribution in [0.2, 0.25) is 0 Å². The summed E-state index contributed by atoms with van der Waals surface area (Å²) in [6.07, 6.45) is 1.79. The molecule has 1 nitrogen and oxygen atoms in total. The maximum absolute atomic E-state index is 4.31. The van der Waals surface area contributed by atoms with Crippen LogP contribution >= 0.6 is 31.9 Å². The van der Waals surface area contributed by atoms with Gasteiger partial charge in [-0.05, 0) is 24.3 Å². The van der Waals surface area contributed by atoms with Gasteiger partial charge >= 0.3 is 0 Å². The largest absolute Gasteiger partial charge is 0.256 e. The fourth-order valence-corrected chi connectivity index (χ4v) is 2.66. The molecule has 1 aromatic carbocycles. The van der Waals surface area contributed by atoms with Crippen molar-refractivity contribution in [3.8, 4) is 11.3 Å². The summed E-state index contributed by atoms with van der Waals surface area (Å²) in [5.41, 5.74) is 2.06. The molecule has 0 N–H and O–H groups in total. The zero-order valence-electron chi connectivity index (χ0n) is 7.24. The van der Waals surface area contributed by atoms with Crippen LogP contribution in [0.15, 0.2) is 51.5 Å². The maximum Gasteiger partial charge on any atom is 0.0724 e. The molecule has 0 aliphatic rings. The van der Waals surface area contributed by atoms with Gasteiger partial charge in [-0.1, -0.05) is 44.0 Å². The van der Waals surface area contributed by atoms with Gasteiger partial charge in [0.05, 0.1) is 5.69 Å². The molecule has 1 heterocycles. The van der Waals surface area contributed by atoms with Crippen LogP contribution in [0.3, 0.4) is 0 Å².